The van der Waals surface area contributed by atoms with Crippen LogP contribution in [0.2, 0.25) is 0 Å². The van der Waals surface area contributed by atoms with E-state index in [-0.39, 0.29) is 0 Å². The molecule has 0 heterocycles. The third-order valence-electron chi connectivity index (χ3n) is 5.21. The van der Waals surface area contributed by atoms with Crippen molar-refractivity contribution in [1.82, 2.24) is 0 Å². The number of phosphoric acid groups is 1. The molecule has 3 rings (SSSR count). The van der Waals surface area contributed by atoms with Gasteiger partial charge in [0.15, 0.2) is 0 Å². The van der Waals surface area contributed by atoms with Crippen molar-refractivity contribution >= 4 is 31.0 Å². The third kappa shape index (κ3) is 7.47. The smallest absolute Gasteiger partial charge is 0.303 e. The summed E-state index contributed by atoms with van der Waals surface area (Å²) in [6.07, 6.45) is 6.54. The Morgan fingerprint density at radius 1 is 0.633 bits per heavy atom. The second-order valence-corrected chi connectivity index (χ2v) is 12.4. The van der Waals surface area contributed by atoms with Gasteiger partial charge in [-0.1, -0.05) is 0 Å². The van der Waals surface area contributed by atoms with Gasteiger partial charge in [0.05, 0.1) is 0 Å². The average molecular weight is 446 g/mol. The summed E-state index contributed by atoms with van der Waals surface area (Å²) in [5.74, 6) is 0. The van der Waals surface area contributed by atoms with Crippen LogP contribution < -0.4 is 15.9 Å². The normalized spacial score (nSPS) is 12.0. The van der Waals surface area contributed by atoms with Crippen LogP contribution in [0.4, 0.5) is 0 Å². The zero-order valence-electron chi connectivity index (χ0n) is 17.4. The van der Waals surface area contributed by atoms with Crippen LogP contribution in [0, 0.1) is 0 Å². The second-order valence-electron chi connectivity index (χ2n) is 7.33. The molecule has 3 N–H and O–H groups in total. The Hall–Kier alpha value is -1.80. The quantitative estimate of drug-likeness (QED) is 0.355. The number of unbranched alkanes of at least 4 members (excludes halogenated alkanes) is 3. The van der Waals surface area contributed by atoms with Gasteiger partial charge in [-0.15, -0.1) is 0 Å². The Balaban J connectivity index is 0.000000575. The molecule has 3 aromatic carbocycles. The van der Waals surface area contributed by atoms with Crippen LogP contribution in [0.15, 0.2) is 91.0 Å². The van der Waals surface area contributed by atoms with Crippen molar-refractivity contribution in [3.05, 3.63) is 91.0 Å². The Morgan fingerprint density at radius 3 is 1.27 bits per heavy atom. The summed E-state index contributed by atoms with van der Waals surface area (Å²) in [5.41, 5.74) is 0. The molecular weight excluding hydrogens is 414 g/mol. The van der Waals surface area contributed by atoms with Crippen molar-refractivity contribution in [2.75, 3.05) is 6.16 Å². The molecule has 162 valence electrons. The molecule has 0 saturated carbocycles. The zero-order chi connectivity index (χ0) is 21.9. The van der Waals surface area contributed by atoms with Crippen LogP contribution in [0.1, 0.15) is 32.6 Å². The minimum absolute atomic E-state index is 1.28. The van der Waals surface area contributed by atoms with Gasteiger partial charge in [0.25, 0.3) is 0 Å². The van der Waals surface area contributed by atoms with Crippen molar-refractivity contribution in [2.24, 2.45) is 0 Å². The van der Waals surface area contributed by atoms with Gasteiger partial charge in [-0.2, -0.15) is 0 Å². The van der Waals surface area contributed by atoms with E-state index < -0.39 is 15.1 Å². The van der Waals surface area contributed by atoms with Crippen molar-refractivity contribution in [3.8, 4) is 0 Å². The average Bonchev–Trinajstić information content (AvgIpc) is 2.75. The molecule has 0 atom stereocenters. The Labute approximate surface area is 180 Å². The molecule has 4 nitrogen and oxygen atoms in total. The Bertz CT molecular complexity index is 791. The predicted molar refractivity (Wildman–Crippen MR) is 130 cm³/mol. The van der Waals surface area contributed by atoms with E-state index in [9.17, 15) is 0 Å². The summed E-state index contributed by atoms with van der Waals surface area (Å²) in [5, 5.41) is 4.59. The van der Waals surface area contributed by atoms with Crippen molar-refractivity contribution in [1.29, 1.82) is 0 Å². The monoisotopic (exact) mass is 446 g/mol. The molecule has 0 bridgehead atoms. The molecule has 0 saturated heterocycles. The first kappa shape index (κ1) is 24.5. The van der Waals surface area contributed by atoms with Crippen LogP contribution in [-0.4, -0.2) is 20.8 Å². The molecule has 6 heteroatoms. The van der Waals surface area contributed by atoms with Gasteiger partial charge in [-0.05, 0) is 0 Å². The standard InChI is InChI=1S/C24H29P.H3O4P/c1-2-3-4-14-21-25(22-15-8-5-9-16-22,23-17-10-6-11-18-23)24-19-12-7-13-20-24;1-5(2,3)4/h5-13,15-20,25H,2-4,14,21H2,1H3;(H3,1,2,3,4). The SMILES string of the molecule is CCCCCC[PH](c1ccccc1)(c1ccccc1)c1ccccc1.O=P(O)(O)O. The van der Waals surface area contributed by atoms with Crippen molar-refractivity contribution < 1.29 is 19.2 Å². The maximum Gasteiger partial charge on any atom is 0.466 e. The summed E-state index contributed by atoms with van der Waals surface area (Å²) in [4.78, 5) is 21.6. The maximum absolute atomic E-state index is 8.88. The summed E-state index contributed by atoms with van der Waals surface area (Å²) in [6.45, 7) is 2.29. The predicted octanol–water partition coefficient (Wildman–Crippen LogP) is 4.36. The Kier molecular flexibility index (Phi) is 9.91. The first-order valence-electron chi connectivity index (χ1n) is 10.3. The van der Waals surface area contributed by atoms with Gasteiger partial charge in [0.2, 0.25) is 0 Å². The molecule has 0 amide bonds. The van der Waals surface area contributed by atoms with E-state index in [0.29, 0.717) is 0 Å². The van der Waals surface area contributed by atoms with Crippen molar-refractivity contribution in [3.63, 3.8) is 0 Å². The second kappa shape index (κ2) is 12.2. The zero-order valence-corrected chi connectivity index (χ0v) is 19.3. The molecule has 0 aromatic heterocycles. The fourth-order valence-corrected chi connectivity index (χ4v) is 8.85. The molecule has 0 spiro atoms. The third-order valence-corrected chi connectivity index (χ3v) is 10.3. The van der Waals surface area contributed by atoms with E-state index in [1.807, 2.05) is 0 Å². The van der Waals surface area contributed by atoms with Crippen LogP contribution in [-0.2, 0) is 4.57 Å². The van der Waals surface area contributed by atoms with Gasteiger partial charge in [0, 0.05) is 0 Å². The van der Waals surface area contributed by atoms with Crippen LogP contribution in [0.3, 0.4) is 0 Å². The van der Waals surface area contributed by atoms with Crippen molar-refractivity contribution in [2.45, 2.75) is 32.6 Å². The number of hydrogen-bond donors (Lipinski definition) is 3. The summed E-state index contributed by atoms with van der Waals surface area (Å²) in [7, 11) is -6.61. The number of benzene rings is 3. The van der Waals surface area contributed by atoms with E-state index in [1.54, 1.807) is 0 Å². The summed E-state index contributed by atoms with van der Waals surface area (Å²) >= 11 is 0. The summed E-state index contributed by atoms with van der Waals surface area (Å²) in [6, 6.07) is 33.7. The first-order valence-corrected chi connectivity index (χ1v) is 14.1. The van der Waals surface area contributed by atoms with E-state index in [1.165, 1.54) is 47.8 Å². The van der Waals surface area contributed by atoms with Crippen LogP contribution in [0.25, 0.3) is 0 Å². The fourth-order valence-electron chi connectivity index (χ4n) is 3.92. The molecule has 0 radical (unpaired) electrons. The maximum atomic E-state index is 8.88. The van der Waals surface area contributed by atoms with Crippen LogP contribution in [0.5, 0.6) is 0 Å². The first-order chi connectivity index (χ1) is 14.4. The minimum Gasteiger partial charge on any atom is -0.303 e. The Morgan fingerprint density at radius 2 is 0.967 bits per heavy atom. The molecule has 30 heavy (non-hydrogen) atoms. The topological polar surface area (TPSA) is 77.8 Å². The van der Waals surface area contributed by atoms with Gasteiger partial charge in [-0.25, -0.2) is 4.57 Å². The number of hydrogen-bond acceptors (Lipinski definition) is 1. The number of rotatable bonds is 8. The van der Waals surface area contributed by atoms with E-state index >= 15 is 0 Å². The molecule has 0 aliphatic carbocycles. The molecular formula is C24H32O4P2. The molecule has 0 aliphatic heterocycles. The fraction of sp³-hybridized carbons (Fsp3) is 0.250. The van der Waals surface area contributed by atoms with Gasteiger partial charge < -0.3 is 14.7 Å². The summed E-state index contributed by atoms with van der Waals surface area (Å²) < 4.78 is 8.88. The van der Waals surface area contributed by atoms with Crippen LogP contribution >= 0.6 is 15.1 Å². The minimum atomic E-state index is -4.64. The van der Waals surface area contributed by atoms with E-state index in [0.717, 1.165) is 0 Å². The van der Waals surface area contributed by atoms with Gasteiger partial charge in [-0.3, -0.25) is 0 Å². The van der Waals surface area contributed by atoms with Gasteiger partial charge in [0.1, 0.15) is 0 Å². The largest absolute Gasteiger partial charge is 0.466 e. The molecule has 0 aliphatic rings. The molecule has 0 fully saturated rings. The van der Waals surface area contributed by atoms with E-state index in [4.69, 9.17) is 19.2 Å². The molecule has 0 unspecified atom stereocenters. The molecule has 3 aromatic rings. The van der Waals surface area contributed by atoms with Gasteiger partial charge >= 0.3 is 161 Å². The van der Waals surface area contributed by atoms with E-state index in [2.05, 4.69) is 97.9 Å².